The van der Waals surface area contributed by atoms with Crippen LogP contribution in [0, 0.1) is 13.8 Å². The summed E-state index contributed by atoms with van der Waals surface area (Å²) in [5.74, 6) is 1.85. The van der Waals surface area contributed by atoms with Crippen LogP contribution < -0.4 is 0 Å². The highest BCUT2D eigenvalue weighted by Gasteiger charge is 2.25. The minimum atomic E-state index is 0.0522. The lowest BCUT2D eigenvalue weighted by atomic mass is 10.1. The maximum absolute atomic E-state index is 13.3. The number of benzene rings is 2. The van der Waals surface area contributed by atoms with E-state index in [1.807, 2.05) is 48.2 Å². The van der Waals surface area contributed by atoms with E-state index in [9.17, 15) is 4.79 Å². The van der Waals surface area contributed by atoms with Gasteiger partial charge in [-0.1, -0.05) is 42.0 Å². The first-order chi connectivity index (χ1) is 14.1. The zero-order valence-corrected chi connectivity index (χ0v) is 16.6. The predicted molar refractivity (Wildman–Crippen MR) is 113 cm³/mol. The smallest absolute Gasteiger partial charge is 0.270 e. The average Bonchev–Trinajstić information content (AvgIpc) is 3.22. The SMILES string of the molecule is Cc1ccc2[nH]c(C(=O)N3CCc4nnc(-c5ccccc5)n4CC3)c(C)c2c1. The Morgan fingerprint density at radius 1 is 1.00 bits per heavy atom. The van der Waals surface area contributed by atoms with E-state index in [1.165, 1.54) is 5.56 Å². The molecule has 6 nitrogen and oxygen atoms in total. The number of nitrogens with one attached hydrogen (secondary N) is 1. The Kier molecular flexibility index (Phi) is 4.19. The summed E-state index contributed by atoms with van der Waals surface area (Å²) in [6.45, 7) is 6.06. The second-order valence-corrected chi connectivity index (χ2v) is 7.67. The van der Waals surface area contributed by atoms with Gasteiger partial charge in [0.1, 0.15) is 11.5 Å². The van der Waals surface area contributed by atoms with Gasteiger partial charge < -0.3 is 14.5 Å². The van der Waals surface area contributed by atoms with Crippen LogP contribution in [0.1, 0.15) is 27.4 Å². The number of aromatic nitrogens is 4. The topological polar surface area (TPSA) is 66.8 Å². The molecule has 1 N–H and O–H groups in total. The third kappa shape index (κ3) is 3.01. The number of aromatic amines is 1. The Hall–Kier alpha value is -3.41. The van der Waals surface area contributed by atoms with Crippen molar-refractivity contribution in [3.8, 4) is 11.4 Å². The van der Waals surface area contributed by atoms with Crippen LogP contribution in [0.25, 0.3) is 22.3 Å². The summed E-state index contributed by atoms with van der Waals surface area (Å²) < 4.78 is 2.14. The maximum atomic E-state index is 13.3. The molecule has 1 aliphatic heterocycles. The van der Waals surface area contributed by atoms with E-state index in [0.717, 1.165) is 33.7 Å². The predicted octanol–water partition coefficient (Wildman–Crippen LogP) is 3.74. The van der Waals surface area contributed by atoms with Crippen molar-refractivity contribution < 1.29 is 4.79 Å². The first-order valence-electron chi connectivity index (χ1n) is 9.97. The van der Waals surface area contributed by atoms with Gasteiger partial charge in [0.25, 0.3) is 5.91 Å². The zero-order valence-electron chi connectivity index (χ0n) is 16.6. The van der Waals surface area contributed by atoms with Crippen LogP contribution >= 0.6 is 0 Å². The standard InChI is InChI=1S/C23H23N5O/c1-15-8-9-19-18(14-15)16(2)21(24-19)23(29)27-11-10-20-25-26-22(28(20)13-12-27)17-6-4-3-5-7-17/h3-9,14,24H,10-13H2,1-2H3. The molecule has 29 heavy (non-hydrogen) atoms. The van der Waals surface area contributed by atoms with E-state index in [0.29, 0.717) is 31.7 Å². The van der Waals surface area contributed by atoms with Crippen molar-refractivity contribution in [2.24, 2.45) is 0 Å². The molecule has 0 atom stereocenters. The summed E-state index contributed by atoms with van der Waals surface area (Å²) in [6.07, 6.45) is 0.698. The Labute approximate surface area is 169 Å². The Bertz CT molecular complexity index is 1200. The number of carbonyl (C=O) groups is 1. The molecule has 3 heterocycles. The molecule has 4 aromatic rings. The lowest BCUT2D eigenvalue weighted by molar-refractivity contribution is 0.0753. The molecular weight excluding hydrogens is 362 g/mol. The van der Waals surface area contributed by atoms with Crippen LogP contribution in [0.3, 0.4) is 0 Å². The summed E-state index contributed by atoms with van der Waals surface area (Å²) in [5, 5.41) is 9.90. The number of rotatable bonds is 2. The summed E-state index contributed by atoms with van der Waals surface area (Å²) in [5.41, 5.74) is 4.95. The van der Waals surface area contributed by atoms with E-state index < -0.39 is 0 Å². The van der Waals surface area contributed by atoms with Crippen molar-refractivity contribution in [3.05, 3.63) is 71.2 Å². The summed E-state index contributed by atoms with van der Waals surface area (Å²) in [7, 11) is 0. The van der Waals surface area contributed by atoms with Crippen molar-refractivity contribution in [1.82, 2.24) is 24.6 Å². The molecule has 5 rings (SSSR count). The molecule has 0 fully saturated rings. The quantitative estimate of drug-likeness (QED) is 0.572. The number of carbonyl (C=O) groups excluding carboxylic acids is 1. The van der Waals surface area contributed by atoms with Crippen molar-refractivity contribution in [3.63, 3.8) is 0 Å². The van der Waals surface area contributed by atoms with Gasteiger partial charge in [-0.3, -0.25) is 4.79 Å². The number of aryl methyl sites for hydroxylation is 2. The number of nitrogens with zero attached hydrogens (tertiary/aromatic N) is 4. The third-order valence-electron chi connectivity index (χ3n) is 5.77. The fraction of sp³-hybridized carbons (Fsp3) is 0.261. The molecule has 2 aromatic carbocycles. The number of H-pyrrole nitrogens is 1. The Morgan fingerprint density at radius 2 is 1.83 bits per heavy atom. The molecule has 2 aromatic heterocycles. The lowest BCUT2D eigenvalue weighted by Crippen LogP contribution is -2.34. The van der Waals surface area contributed by atoms with E-state index in [-0.39, 0.29) is 5.91 Å². The normalized spacial score (nSPS) is 14.1. The van der Waals surface area contributed by atoms with Crippen molar-refractivity contribution in [1.29, 1.82) is 0 Å². The second kappa shape index (κ2) is 6.88. The Balaban J connectivity index is 1.42. The van der Waals surface area contributed by atoms with Gasteiger partial charge >= 0.3 is 0 Å². The van der Waals surface area contributed by atoms with Crippen LogP contribution in [0.2, 0.25) is 0 Å². The first-order valence-corrected chi connectivity index (χ1v) is 9.97. The third-order valence-corrected chi connectivity index (χ3v) is 5.77. The molecular formula is C23H23N5O. The molecule has 0 aliphatic carbocycles. The number of hydrogen-bond acceptors (Lipinski definition) is 3. The summed E-state index contributed by atoms with van der Waals surface area (Å²) >= 11 is 0. The highest BCUT2D eigenvalue weighted by molar-refractivity contribution is 6.01. The van der Waals surface area contributed by atoms with Crippen LogP contribution in [-0.2, 0) is 13.0 Å². The van der Waals surface area contributed by atoms with Gasteiger partial charge in [-0.05, 0) is 31.5 Å². The van der Waals surface area contributed by atoms with Gasteiger partial charge in [-0.15, -0.1) is 10.2 Å². The van der Waals surface area contributed by atoms with E-state index >= 15 is 0 Å². The van der Waals surface area contributed by atoms with E-state index in [1.54, 1.807) is 0 Å². The van der Waals surface area contributed by atoms with Crippen molar-refractivity contribution in [2.45, 2.75) is 26.8 Å². The minimum absolute atomic E-state index is 0.0522. The van der Waals surface area contributed by atoms with Gasteiger partial charge in [-0.25, -0.2) is 0 Å². The Morgan fingerprint density at radius 3 is 2.66 bits per heavy atom. The molecule has 0 bridgehead atoms. The minimum Gasteiger partial charge on any atom is -0.350 e. The average molecular weight is 385 g/mol. The highest BCUT2D eigenvalue weighted by Crippen LogP contribution is 2.25. The van der Waals surface area contributed by atoms with Gasteiger partial charge in [-0.2, -0.15) is 0 Å². The molecule has 1 amide bonds. The molecule has 146 valence electrons. The second-order valence-electron chi connectivity index (χ2n) is 7.67. The molecule has 0 spiro atoms. The molecule has 0 saturated heterocycles. The highest BCUT2D eigenvalue weighted by atomic mass is 16.2. The van der Waals surface area contributed by atoms with Crippen LogP contribution in [-0.4, -0.2) is 43.6 Å². The molecule has 0 saturated carbocycles. The largest absolute Gasteiger partial charge is 0.350 e. The van der Waals surface area contributed by atoms with Gasteiger partial charge in [0, 0.05) is 42.5 Å². The van der Waals surface area contributed by atoms with Gasteiger partial charge in [0.15, 0.2) is 5.82 Å². The molecule has 1 aliphatic rings. The fourth-order valence-electron chi connectivity index (χ4n) is 4.14. The van der Waals surface area contributed by atoms with Crippen LogP contribution in [0.4, 0.5) is 0 Å². The van der Waals surface area contributed by atoms with Gasteiger partial charge in [0.05, 0.1) is 0 Å². The number of amides is 1. The van der Waals surface area contributed by atoms with Crippen molar-refractivity contribution >= 4 is 16.8 Å². The van der Waals surface area contributed by atoms with Crippen LogP contribution in [0.5, 0.6) is 0 Å². The molecule has 0 radical (unpaired) electrons. The monoisotopic (exact) mass is 385 g/mol. The fourth-order valence-corrected chi connectivity index (χ4v) is 4.14. The molecule has 0 unspecified atom stereocenters. The number of hydrogen-bond donors (Lipinski definition) is 1. The van der Waals surface area contributed by atoms with E-state index in [4.69, 9.17) is 0 Å². The number of fused-ring (bicyclic) bond motifs is 2. The first kappa shape index (κ1) is 17.7. The van der Waals surface area contributed by atoms with Gasteiger partial charge in [0.2, 0.25) is 0 Å². The zero-order chi connectivity index (χ0) is 20.0. The molecule has 6 heteroatoms. The van der Waals surface area contributed by atoms with Crippen LogP contribution in [0.15, 0.2) is 48.5 Å². The lowest BCUT2D eigenvalue weighted by Gasteiger charge is -2.20. The summed E-state index contributed by atoms with van der Waals surface area (Å²) in [4.78, 5) is 18.6. The van der Waals surface area contributed by atoms with E-state index in [2.05, 4.69) is 38.8 Å². The van der Waals surface area contributed by atoms with Crippen molar-refractivity contribution in [2.75, 3.05) is 13.1 Å². The summed E-state index contributed by atoms with van der Waals surface area (Å²) in [6, 6.07) is 16.3. The maximum Gasteiger partial charge on any atom is 0.270 e.